The summed E-state index contributed by atoms with van der Waals surface area (Å²) in [6.45, 7) is 8.33. The topological polar surface area (TPSA) is 294 Å². The molecule has 0 aromatic carbocycles. The molecule has 1 aliphatic rings. The molecule has 0 bridgehead atoms. The average molecular weight is 683 g/mol. The molecule has 272 valence electrons. The molecular weight excluding hydrogens is 628 g/mol. The van der Waals surface area contributed by atoms with E-state index >= 15 is 0 Å². The molecule has 0 saturated carbocycles. The van der Waals surface area contributed by atoms with Crippen LogP contribution in [-0.2, 0) is 33.6 Å². The monoisotopic (exact) mass is 682 g/mol. The van der Waals surface area contributed by atoms with Crippen LogP contribution in [0.4, 0.5) is 0 Å². The highest BCUT2D eigenvalue weighted by atomic mass is 16.4. The van der Waals surface area contributed by atoms with Crippen molar-refractivity contribution in [3.63, 3.8) is 0 Å². The molecule has 0 unspecified atom stereocenters. The van der Waals surface area contributed by atoms with Crippen LogP contribution in [0.3, 0.4) is 0 Å². The van der Waals surface area contributed by atoms with Gasteiger partial charge in [-0.2, -0.15) is 0 Å². The zero-order valence-electron chi connectivity index (χ0n) is 28.5. The van der Waals surface area contributed by atoms with Crippen molar-refractivity contribution < 1.29 is 38.7 Å². The van der Waals surface area contributed by atoms with Gasteiger partial charge in [0.05, 0.1) is 19.1 Å². The van der Waals surface area contributed by atoms with Crippen LogP contribution < -0.4 is 43.8 Å². The number of nitrogens with one attached hydrogen (secondary N) is 5. The highest BCUT2D eigenvalue weighted by Gasteiger charge is 2.35. The van der Waals surface area contributed by atoms with Gasteiger partial charge in [0.1, 0.15) is 24.2 Å². The summed E-state index contributed by atoms with van der Waals surface area (Å²) in [5.41, 5.74) is 16.6. The first-order valence-corrected chi connectivity index (χ1v) is 16.3. The van der Waals surface area contributed by atoms with Gasteiger partial charge in [0.15, 0.2) is 5.96 Å². The van der Waals surface area contributed by atoms with Crippen molar-refractivity contribution in [3.05, 3.63) is 0 Å². The largest absolute Gasteiger partial charge is 0.480 e. The summed E-state index contributed by atoms with van der Waals surface area (Å²) in [6, 6.07) is -5.05. The highest BCUT2D eigenvalue weighted by molar-refractivity contribution is 5.95. The van der Waals surface area contributed by atoms with E-state index in [1.165, 1.54) is 11.8 Å². The fourth-order valence-electron chi connectivity index (χ4n) is 4.90. The van der Waals surface area contributed by atoms with Gasteiger partial charge in [0.25, 0.3) is 0 Å². The van der Waals surface area contributed by atoms with Crippen LogP contribution >= 0.6 is 0 Å². The Hall–Kier alpha value is -4.48. The van der Waals surface area contributed by atoms with E-state index in [-0.39, 0.29) is 50.1 Å². The second-order valence-corrected chi connectivity index (χ2v) is 12.4. The van der Waals surface area contributed by atoms with Crippen LogP contribution in [0.5, 0.6) is 0 Å². The molecule has 0 spiro atoms. The summed E-state index contributed by atoms with van der Waals surface area (Å²) < 4.78 is 0. The molecule has 1 saturated heterocycles. The van der Waals surface area contributed by atoms with E-state index in [9.17, 15) is 38.7 Å². The Kier molecular flexibility index (Phi) is 17.9. The second kappa shape index (κ2) is 20.7. The number of carbonyl (C=O) groups excluding carboxylic acids is 6. The smallest absolute Gasteiger partial charge is 0.326 e. The number of guanidine groups is 1. The Morgan fingerprint density at radius 1 is 0.896 bits per heavy atom. The van der Waals surface area contributed by atoms with E-state index in [1.807, 2.05) is 27.7 Å². The molecule has 0 aromatic heterocycles. The first-order valence-electron chi connectivity index (χ1n) is 16.3. The summed E-state index contributed by atoms with van der Waals surface area (Å²) >= 11 is 0. The maximum absolute atomic E-state index is 13.1. The van der Waals surface area contributed by atoms with Crippen molar-refractivity contribution >= 4 is 47.4 Å². The van der Waals surface area contributed by atoms with Crippen LogP contribution in [0.1, 0.15) is 73.1 Å². The SMILES string of the molecule is CC[C@H](C)[C@H](N)C(=O)NCC(=O)N1CCC[C@H]1C(=O)NCC(=O)N[C@@H](CCCN=C(N)N)C(=O)N[C@@H](C)C(=O)N[C@@H](CC(C)C)C(=O)O. The Balaban J connectivity index is 2.81. The Bertz CT molecular complexity index is 1180. The zero-order chi connectivity index (χ0) is 36.6. The molecule has 1 fully saturated rings. The van der Waals surface area contributed by atoms with Gasteiger partial charge in [-0.25, -0.2) is 4.79 Å². The van der Waals surface area contributed by atoms with Crippen molar-refractivity contribution in [2.75, 3.05) is 26.2 Å². The molecule has 1 heterocycles. The summed E-state index contributed by atoms with van der Waals surface area (Å²) in [5, 5.41) is 21.9. The maximum Gasteiger partial charge on any atom is 0.326 e. The minimum Gasteiger partial charge on any atom is -0.480 e. The Labute approximate surface area is 281 Å². The van der Waals surface area contributed by atoms with Crippen LogP contribution in [0.25, 0.3) is 0 Å². The van der Waals surface area contributed by atoms with Crippen LogP contribution in [0, 0.1) is 11.8 Å². The number of aliphatic imine (C=N–C) groups is 1. The van der Waals surface area contributed by atoms with Gasteiger partial charge in [-0.15, -0.1) is 0 Å². The molecule has 6 atom stereocenters. The number of amides is 6. The molecule has 0 radical (unpaired) electrons. The molecule has 0 aliphatic carbocycles. The summed E-state index contributed by atoms with van der Waals surface area (Å²) in [4.78, 5) is 93.4. The first kappa shape index (κ1) is 41.5. The van der Waals surface area contributed by atoms with Crippen molar-refractivity contribution in [2.45, 2.75) is 103 Å². The van der Waals surface area contributed by atoms with Gasteiger partial charge in [-0.3, -0.25) is 33.8 Å². The number of hydrogen-bond donors (Lipinski definition) is 9. The fourth-order valence-corrected chi connectivity index (χ4v) is 4.90. The molecule has 0 aromatic rings. The molecule has 1 aliphatic heterocycles. The van der Waals surface area contributed by atoms with E-state index in [4.69, 9.17) is 17.2 Å². The second-order valence-electron chi connectivity index (χ2n) is 12.4. The molecule has 18 heteroatoms. The third-order valence-electron chi connectivity index (χ3n) is 7.94. The number of carboxylic acids is 1. The van der Waals surface area contributed by atoms with Crippen molar-refractivity contribution in [1.82, 2.24) is 31.5 Å². The zero-order valence-corrected chi connectivity index (χ0v) is 28.5. The Morgan fingerprint density at radius 3 is 2.15 bits per heavy atom. The summed E-state index contributed by atoms with van der Waals surface area (Å²) in [6.07, 6.45) is 2.13. The van der Waals surface area contributed by atoms with E-state index in [0.29, 0.717) is 25.8 Å². The number of nitrogens with zero attached hydrogens (tertiary/aromatic N) is 2. The molecule has 6 amide bonds. The van der Waals surface area contributed by atoms with Gasteiger partial charge in [0.2, 0.25) is 35.4 Å². The van der Waals surface area contributed by atoms with E-state index < -0.39 is 78.2 Å². The molecular formula is C30H54N10O8. The molecule has 18 nitrogen and oxygen atoms in total. The number of nitrogens with two attached hydrogens (primary N) is 3. The van der Waals surface area contributed by atoms with Gasteiger partial charge < -0.3 is 53.8 Å². The lowest BCUT2D eigenvalue weighted by Gasteiger charge is -2.25. The van der Waals surface area contributed by atoms with Crippen molar-refractivity contribution in [1.29, 1.82) is 0 Å². The summed E-state index contributed by atoms with van der Waals surface area (Å²) in [5.74, 6) is -5.10. The molecule has 48 heavy (non-hydrogen) atoms. The van der Waals surface area contributed by atoms with Gasteiger partial charge in [-0.05, 0) is 50.9 Å². The van der Waals surface area contributed by atoms with E-state index in [1.54, 1.807) is 0 Å². The third-order valence-corrected chi connectivity index (χ3v) is 7.94. The van der Waals surface area contributed by atoms with Gasteiger partial charge >= 0.3 is 5.97 Å². The summed E-state index contributed by atoms with van der Waals surface area (Å²) in [7, 11) is 0. The van der Waals surface area contributed by atoms with Gasteiger partial charge in [0, 0.05) is 13.1 Å². The number of likely N-dealkylation sites (tertiary alicyclic amines) is 1. The lowest BCUT2D eigenvalue weighted by atomic mass is 9.99. The molecule has 1 rings (SSSR count). The number of carboxylic acid groups (broad SMARTS) is 1. The fraction of sp³-hybridized carbons (Fsp3) is 0.733. The predicted molar refractivity (Wildman–Crippen MR) is 177 cm³/mol. The maximum atomic E-state index is 13.1. The number of rotatable bonds is 20. The predicted octanol–water partition coefficient (Wildman–Crippen LogP) is -2.76. The standard InChI is InChI=1S/C30H54N10O8/c1-6-17(4)24(31)28(46)36-15-23(42)40-12-8-10-21(40)27(45)35-14-22(41)38-19(9-7-11-34-30(32)33)26(44)37-18(5)25(43)39-20(29(47)48)13-16(2)3/h16-21,24H,6-15,31H2,1-5H3,(H,35,45)(H,36,46)(H,37,44)(H,38,41)(H,39,43)(H,47,48)(H4,32,33,34)/t17-,18-,19-,20-,21-,24-/m0/s1. The van der Waals surface area contributed by atoms with Gasteiger partial charge in [-0.1, -0.05) is 34.1 Å². The number of hydrogen-bond acceptors (Lipinski definition) is 9. The number of carbonyl (C=O) groups is 7. The number of aliphatic carboxylic acids is 1. The minimum absolute atomic E-state index is 0.00898. The highest BCUT2D eigenvalue weighted by Crippen LogP contribution is 2.17. The van der Waals surface area contributed by atoms with Crippen LogP contribution in [0.15, 0.2) is 4.99 Å². The lowest BCUT2D eigenvalue weighted by Crippen LogP contribution is -2.56. The van der Waals surface area contributed by atoms with Crippen LogP contribution in [0.2, 0.25) is 0 Å². The molecule has 12 N–H and O–H groups in total. The van der Waals surface area contributed by atoms with E-state index in [2.05, 4.69) is 31.6 Å². The minimum atomic E-state index is -1.21. The van der Waals surface area contributed by atoms with Crippen LogP contribution in [-0.4, -0.2) is 114 Å². The average Bonchev–Trinajstić information content (AvgIpc) is 3.52. The normalized spacial score (nSPS) is 17.2. The lowest BCUT2D eigenvalue weighted by molar-refractivity contribution is -0.142. The third kappa shape index (κ3) is 14.5. The first-order chi connectivity index (χ1) is 22.5. The van der Waals surface area contributed by atoms with E-state index in [0.717, 1.165) is 0 Å². The quantitative estimate of drug-likeness (QED) is 0.0360. The van der Waals surface area contributed by atoms with Crippen molar-refractivity contribution in [3.8, 4) is 0 Å². The van der Waals surface area contributed by atoms with Crippen molar-refractivity contribution in [2.24, 2.45) is 34.0 Å². The Morgan fingerprint density at radius 2 is 1.56 bits per heavy atom.